The molecule has 1 fully saturated rings. The summed E-state index contributed by atoms with van der Waals surface area (Å²) < 4.78 is 56.0. The summed E-state index contributed by atoms with van der Waals surface area (Å²) in [7, 11) is 0. The zero-order valence-electron chi connectivity index (χ0n) is 16.2. The first kappa shape index (κ1) is 21.5. The van der Waals surface area contributed by atoms with Gasteiger partial charge in [0.1, 0.15) is 5.82 Å². The first-order valence-corrected chi connectivity index (χ1v) is 10.4. The van der Waals surface area contributed by atoms with Crippen LogP contribution in [0.2, 0.25) is 0 Å². The van der Waals surface area contributed by atoms with E-state index in [-0.39, 0.29) is 41.6 Å². The third kappa shape index (κ3) is 4.97. The quantitative estimate of drug-likeness (QED) is 0.467. The summed E-state index contributed by atoms with van der Waals surface area (Å²) in [6.45, 7) is 0.227. The van der Waals surface area contributed by atoms with E-state index < -0.39 is 11.9 Å². The second kappa shape index (κ2) is 8.45. The molecule has 0 spiro atoms. The SMILES string of the molecule is O=C(CCn1nc(C(F)(F)F)c(Br)c1C1CC1)Nc1cnn(Cc2ccccc2F)c1. The molecule has 0 aliphatic heterocycles. The van der Waals surface area contributed by atoms with E-state index in [2.05, 4.69) is 31.4 Å². The minimum atomic E-state index is -4.57. The van der Waals surface area contributed by atoms with E-state index in [4.69, 9.17) is 0 Å². The van der Waals surface area contributed by atoms with Crippen LogP contribution in [0.1, 0.15) is 42.1 Å². The van der Waals surface area contributed by atoms with Gasteiger partial charge in [-0.2, -0.15) is 23.4 Å². The lowest BCUT2D eigenvalue weighted by atomic mass is 10.2. The highest BCUT2D eigenvalue weighted by atomic mass is 79.9. The van der Waals surface area contributed by atoms with Gasteiger partial charge in [0.05, 0.1) is 35.1 Å². The molecule has 11 heteroatoms. The van der Waals surface area contributed by atoms with E-state index in [1.807, 2.05) is 0 Å². The standard InChI is InChI=1S/C20H18BrF4N5O/c21-17-18(12-5-6-12)30(28-19(17)20(23,24)25)8-7-16(31)27-14-9-26-29(11-14)10-13-3-1-2-4-15(13)22/h1-4,9,11-12H,5-8,10H2,(H,27,31). The summed E-state index contributed by atoms with van der Waals surface area (Å²) in [5, 5.41) is 10.4. The molecule has 0 bridgehead atoms. The van der Waals surface area contributed by atoms with Crippen LogP contribution in [0.25, 0.3) is 0 Å². The molecule has 6 nitrogen and oxygen atoms in total. The lowest BCUT2D eigenvalue weighted by molar-refractivity contribution is -0.142. The summed E-state index contributed by atoms with van der Waals surface area (Å²) in [4.78, 5) is 12.3. The Bertz CT molecular complexity index is 1100. The number of nitrogens with zero attached hydrogens (tertiary/aromatic N) is 4. The molecular weight excluding hydrogens is 482 g/mol. The van der Waals surface area contributed by atoms with E-state index in [1.165, 1.54) is 21.6 Å². The Morgan fingerprint density at radius 2 is 2.00 bits per heavy atom. The van der Waals surface area contributed by atoms with Crippen LogP contribution < -0.4 is 5.32 Å². The van der Waals surface area contributed by atoms with E-state index >= 15 is 0 Å². The van der Waals surface area contributed by atoms with Crippen LogP contribution in [0, 0.1) is 5.82 Å². The van der Waals surface area contributed by atoms with Crippen molar-refractivity contribution in [3.8, 4) is 0 Å². The van der Waals surface area contributed by atoms with Crippen molar-refractivity contribution < 1.29 is 22.4 Å². The number of rotatable bonds is 7. The number of amides is 1. The molecule has 0 atom stereocenters. The number of nitrogens with one attached hydrogen (secondary N) is 1. The average Bonchev–Trinajstić information content (AvgIpc) is 3.34. The Hall–Kier alpha value is -2.69. The highest BCUT2D eigenvalue weighted by Crippen LogP contribution is 2.47. The second-order valence-electron chi connectivity index (χ2n) is 7.36. The summed E-state index contributed by atoms with van der Waals surface area (Å²) in [6.07, 6.45) is -0.0246. The van der Waals surface area contributed by atoms with Crippen molar-refractivity contribution in [2.45, 2.75) is 44.4 Å². The fraction of sp³-hybridized carbons (Fsp3) is 0.350. The van der Waals surface area contributed by atoms with Crippen molar-refractivity contribution in [3.63, 3.8) is 0 Å². The maximum Gasteiger partial charge on any atom is 0.436 e. The number of benzene rings is 1. The van der Waals surface area contributed by atoms with Crippen molar-refractivity contribution >= 4 is 27.5 Å². The Morgan fingerprint density at radius 3 is 2.68 bits per heavy atom. The van der Waals surface area contributed by atoms with Gasteiger partial charge in [-0.3, -0.25) is 14.2 Å². The van der Waals surface area contributed by atoms with Crippen LogP contribution in [0.3, 0.4) is 0 Å². The van der Waals surface area contributed by atoms with Gasteiger partial charge in [-0.25, -0.2) is 4.39 Å². The molecule has 2 aromatic heterocycles. The summed E-state index contributed by atoms with van der Waals surface area (Å²) >= 11 is 3.03. The van der Waals surface area contributed by atoms with E-state index in [9.17, 15) is 22.4 Å². The second-order valence-corrected chi connectivity index (χ2v) is 8.15. The Balaban J connectivity index is 1.38. The van der Waals surface area contributed by atoms with Crippen molar-refractivity contribution in [1.29, 1.82) is 0 Å². The number of aryl methyl sites for hydroxylation is 1. The zero-order valence-corrected chi connectivity index (χ0v) is 17.7. The number of carbonyl (C=O) groups excluding carboxylic acids is 1. The number of hydrogen-bond donors (Lipinski definition) is 1. The molecule has 1 saturated carbocycles. The summed E-state index contributed by atoms with van der Waals surface area (Å²) in [5.41, 5.74) is 0.393. The molecule has 1 aliphatic carbocycles. The van der Waals surface area contributed by atoms with Gasteiger partial charge >= 0.3 is 6.18 Å². The number of anilines is 1. The molecule has 164 valence electrons. The lowest BCUT2D eigenvalue weighted by Crippen LogP contribution is -2.16. The Labute approximate surface area is 183 Å². The third-order valence-corrected chi connectivity index (χ3v) is 5.70. The fourth-order valence-corrected chi connectivity index (χ4v) is 4.13. The Morgan fingerprint density at radius 1 is 1.26 bits per heavy atom. The molecule has 1 aromatic carbocycles. The molecule has 31 heavy (non-hydrogen) atoms. The molecule has 3 aromatic rings. The van der Waals surface area contributed by atoms with E-state index in [1.54, 1.807) is 24.4 Å². The molecule has 2 heterocycles. The van der Waals surface area contributed by atoms with Gasteiger partial charge < -0.3 is 5.32 Å². The van der Waals surface area contributed by atoms with Crippen molar-refractivity contribution in [2.24, 2.45) is 0 Å². The van der Waals surface area contributed by atoms with Gasteiger partial charge in [0, 0.05) is 24.1 Å². The number of hydrogen-bond acceptors (Lipinski definition) is 3. The zero-order chi connectivity index (χ0) is 22.2. The molecule has 0 unspecified atom stereocenters. The topological polar surface area (TPSA) is 64.7 Å². The minimum Gasteiger partial charge on any atom is -0.323 e. The fourth-order valence-electron chi connectivity index (χ4n) is 3.30. The number of alkyl halides is 3. The van der Waals surface area contributed by atoms with Gasteiger partial charge in [0.2, 0.25) is 5.91 Å². The van der Waals surface area contributed by atoms with E-state index in [0.717, 1.165) is 12.8 Å². The van der Waals surface area contributed by atoms with Crippen LogP contribution in [0.5, 0.6) is 0 Å². The number of aromatic nitrogens is 4. The smallest absolute Gasteiger partial charge is 0.323 e. The number of carbonyl (C=O) groups is 1. The monoisotopic (exact) mass is 499 g/mol. The van der Waals surface area contributed by atoms with Crippen molar-refractivity contribution in [3.05, 3.63) is 63.9 Å². The normalized spacial score (nSPS) is 14.1. The highest BCUT2D eigenvalue weighted by Gasteiger charge is 2.41. The maximum atomic E-state index is 13.8. The number of halogens is 5. The van der Waals surface area contributed by atoms with Gasteiger partial charge in [-0.1, -0.05) is 18.2 Å². The molecule has 0 radical (unpaired) electrons. The van der Waals surface area contributed by atoms with Gasteiger partial charge in [0.25, 0.3) is 0 Å². The first-order chi connectivity index (χ1) is 14.7. The van der Waals surface area contributed by atoms with Crippen LogP contribution in [0.4, 0.5) is 23.2 Å². The first-order valence-electron chi connectivity index (χ1n) is 9.61. The molecule has 1 amide bonds. The van der Waals surface area contributed by atoms with Crippen LogP contribution in [0.15, 0.2) is 41.1 Å². The van der Waals surface area contributed by atoms with Crippen molar-refractivity contribution in [1.82, 2.24) is 19.6 Å². The summed E-state index contributed by atoms with van der Waals surface area (Å²) in [5.74, 6) is -0.705. The minimum absolute atomic E-state index is 0.0235. The molecule has 1 N–H and O–H groups in total. The molecule has 4 rings (SSSR count). The van der Waals surface area contributed by atoms with Gasteiger partial charge in [-0.15, -0.1) is 0 Å². The van der Waals surface area contributed by atoms with Crippen LogP contribution in [-0.4, -0.2) is 25.5 Å². The van der Waals surface area contributed by atoms with E-state index in [0.29, 0.717) is 16.9 Å². The highest BCUT2D eigenvalue weighted by molar-refractivity contribution is 9.10. The lowest BCUT2D eigenvalue weighted by Gasteiger charge is -2.07. The van der Waals surface area contributed by atoms with Gasteiger partial charge in [0.15, 0.2) is 5.69 Å². The van der Waals surface area contributed by atoms with Crippen LogP contribution in [-0.2, 0) is 24.1 Å². The van der Waals surface area contributed by atoms with Crippen molar-refractivity contribution in [2.75, 3.05) is 5.32 Å². The molecule has 0 saturated heterocycles. The third-order valence-electron chi connectivity index (χ3n) is 4.92. The largest absolute Gasteiger partial charge is 0.436 e. The van der Waals surface area contributed by atoms with Gasteiger partial charge in [-0.05, 0) is 34.8 Å². The molecule has 1 aliphatic rings. The predicted molar refractivity (Wildman–Crippen MR) is 108 cm³/mol. The Kier molecular flexibility index (Phi) is 5.87. The predicted octanol–water partition coefficient (Wildman–Crippen LogP) is 4.95. The average molecular weight is 500 g/mol. The maximum absolute atomic E-state index is 13.8. The summed E-state index contributed by atoms with van der Waals surface area (Å²) in [6, 6.07) is 6.32. The van der Waals surface area contributed by atoms with Crippen LogP contribution >= 0.6 is 15.9 Å². The molecular formula is C20H18BrF4N5O.